The van der Waals surface area contributed by atoms with Gasteiger partial charge >= 0.3 is 0 Å². The van der Waals surface area contributed by atoms with E-state index in [1.54, 1.807) is 0 Å². The summed E-state index contributed by atoms with van der Waals surface area (Å²) in [6, 6.07) is 41.8. The molecule has 0 bridgehead atoms. The van der Waals surface area contributed by atoms with E-state index in [4.69, 9.17) is 0 Å². The summed E-state index contributed by atoms with van der Waals surface area (Å²) in [6.07, 6.45) is 0. The fourth-order valence-corrected chi connectivity index (χ4v) is 4.87. The van der Waals surface area contributed by atoms with Crippen LogP contribution in [0.15, 0.2) is 115 Å². The van der Waals surface area contributed by atoms with E-state index in [9.17, 15) is 0 Å². The number of fused-ring (bicyclic) bond motifs is 3. The van der Waals surface area contributed by atoms with Crippen molar-refractivity contribution in [1.29, 1.82) is 0 Å². The van der Waals surface area contributed by atoms with Crippen molar-refractivity contribution in [2.24, 2.45) is 0 Å². The topological polar surface area (TPSA) is 0 Å². The molecule has 0 fully saturated rings. The molecule has 0 heteroatoms. The van der Waals surface area contributed by atoms with Crippen LogP contribution in [0.5, 0.6) is 0 Å². The molecule has 31 heavy (non-hydrogen) atoms. The van der Waals surface area contributed by atoms with Crippen molar-refractivity contribution < 1.29 is 0 Å². The largest absolute Gasteiger partial charge is 0.0622 e. The highest BCUT2D eigenvalue weighted by Gasteiger charge is 2.13. The zero-order valence-corrected chi connectivity index (χ0v) is 17.5. The van der Waals surface area contributed by atoms with Crippen molar-refractivity contribution in [2.75, 3.05) is 0 Å². The van der Waals surface area contributed by atoms with E-state index in [1.165, 1.54) is 60.1 Å². The van der Waals surface area contributed by atoms with Crippen molar-refractivity contribution >= 4 is 32.3 Å². The lowest BCUT2D eigenvalue weighted by Crippen LogP contribution is -1.89. The van der Waals surface area contributed by atoms with Gasteiger partial charge in [-0.15, -0.1) is 0 Å². The first kappa shape index (κ1) is 17.9. The minimum Gasteiger partial charge on any atom is -0.0622 e. The molecule has 0 saturated carbocycles. The lowest BCUT2D eigenvalue weighted by Gasteiger charge is -2.16. The van der Waals surface area contributed by atoms with Crippen LogP contribution in [0.25, 0.3) is 54.6 Å². The van der Waals surface area contributed by atoms with Gasteiger partial charge in [0.05, 0.1) is 0 Å². The summed E-state index contributed by atoms with van der Waals surface area (Å²) in [5.41, 5.74) is 6.46. The second-order valence-corrected chi connectivity index (χ2v) is 8.23. The van der Waals surface area contributed by atoms with Crippen LogP contribution in [0, 0.1) is 6.92 Å². The van der Waals surface area contributed by atoms with Gasteiger partial charge in [0.25, 0.3) is 0 Å². The van der Waals surface area contributed by atoms with Crippen molar-refractivity contribution in [3.05, 3.63) is 121 Å². The number of aryl methyl sites for hydroxylation is 1. The SMILES string of the molecule is Cc1c2ccccc2c(-c2ccc3cc(-c4ccccc4)ccc3c2)c2ccccc12. The normalized spacial score (nSPS) is 11.4. The highest BCUT2D eigenvalue weighted by molar-refractivity contribution is 6.15. The van der Waals surface area contributed by atoms with E-state index >= 15 is 0 Å². The lowest BCUT2D eigenvalue weighted by molar-refractivity contribution is 1.58. The van der Waals surface area contributed by atoms with E-state index in [0.717, 1.165) is 0 Å². The summed E-state index contributed by atoms with van der Waals surface area (Å²) in [7, 11) is 0. The smallest absolute Gasteiger partial charge is 0.00264 e. The molecule has 0 aliphatic heterocycles. The monoisotopic (exact) mass is 394 g/mol. The van der Waals surface area contributed by atoms with Crippen LogP contribution in [0.4, 0.5) is 0 Å². The zero-order chi connectivity index (χ0) is 20.8. The number of benzene rings is 6. The van der Waals surface area contributed by atoms with Gasteiger partial charge in [0.2, 0.25) is 0 Å². The molecule has 0 aromatic heterocycles. The van der Waals surface area contributed by atoms with Gasteiger partial charge in [-0.1, -0.05) is 103 Å². The second kappa shape index (κ2) is 7.11. The molecular weight excluding hydrogens is 372 g/mol. The molecule has 0 nitrogen and oxygen atoms in total. The molecule has 146 valence electrons. The number of hydrogen-bond donors (Lipinski definition) is 0. The van der Waals surface area contributed by atoms with E-state index < -0.39 is 0 Å². The third-order valence-electron chi connectivity index (χ3n) is 6.44. The highest BCUT2D eigenvalue weighted by atomic mass is 14.2. The average molecular weight is 395 g/mol. The first-order valence-electron chi connectivity index (χ1n) is 10.8. The Morgan fingerprint density at radius 2 is 0.871 bits per heavy atom. The summed E-state index contributed by atoms with van der Waals surface area (Å²) in [6.45, 7) is 2.24. The van der Waals surface area contributed by atoms with Crippen molar-refractivity contribution in [1.82, 2.24) is 0 Å². The van der Waals surface area contributed by atoms with Gasteiger partial charge in [-0.25, -0.2) is 0 Å². The van der Waals surface area contributed by atoms with Crippen LogP contribution in [0.1, 0.15) is 5.56 Å². The third kappa shape index (κ3) is 2.92. The Labute approximate surface area is 182 Å². The molecule has 0 spiro atoms. The van der Waals surface area contributed by atoms with Crippen molar-refractivity contribution in [3.8, 4) is 22.3 Å². The Morgan fingerprint density at radius 1 is 0.387 bits per heavy atom. The van der Waals surface area contributed by atoms with Crippen LogP contribution in [-0.4, -0.2) is 0 Å². The molecule has 0 amide bonds. The summed E-state index contributed by atoms with van der Waals surface area (Å²) in [4.78, 5) is 0. The molecule has 6 rings (SSSR count). The maximum atomic E-state index is 2.34. The van der Waals surface area contributed by atoms with Crippen LogP contribution in [-0.2, 0) is 0 Å². The Balaban J connectivity index is 1.60. The molecule has 0 atom stereocenters. The average Bonchev–Trinajstić information content (AvgIpc) is 2.84. The van der Waals surface area contributed by atoms with Gasteiger partial charge in [-0.05, 0) is 79.2 Å². The van der Waals surface area contributed by atoms with Gasteiger partial charge in [0.1, 0.15) is 0 Å². The minimum absolute atomic E-state index is 1.25. The van der Waals surface area contributed by atoms with Crippen LogP contribution in [0.2, 0.25) is 0 Å². The zero-order valence-electron chi connectivity index (χ0n) is 17.5. The fourth-order valence-electron chi connectivity index (χ4n) is 4.87. The van der Waals surface area contributed by atoms with Gasteiger partial charge < -0.3 is 0 Å². The molecule has 0 heterocycles. The summed E-state index contributed by atoms with van der Waals surface area (Å²) < 4.78 is 0. The summed E-state index contributed by atoms with van der Waals surface area (Å²) >= 11 is 0. The van der Waals surface area contributed by atoms with E-state index in [-0.39, 0.29) is 0 Å². The van der Waals surface area contributed by atoms with Gasteiger partial charge in [0.15, 0.2) is 0 Å². The molecule has 0 unspecified atom stereocenters. The molecule has 0 aliphatic rings. The first-order chi connectivity index (χ1) is 15.3. The van der Waals surface area contributed by atoms with Gasteiger partial charge in [-0.3, -0.25) is 0 Å². The summed E-state index contributed by atoms with van der Waals surface area (Å²) in [5, 5.41) is 7.83. The highest BCUT2D eigenvalue weighted by Crippen LogP contribution is 2.40. The van der Waals surface area contributed by atoms with Gasteiger partial charge in [0, 0.05) is 0 Å². The molecular formula is C31H22. The van der Waals surface area contributed by atoms with Crippen LogP contribution >= 0.6 is 0 Å². The maximum Gasteiger partial charge on any atom is -0.00264 e. The predicted octanol–water partition coefficient (Wildman–Crippen LogP) is 8.79. The first-order valence-corrected chi connectivity index (χ1v) is 10.8. The van der Waals surface area contributed by atoms with Crippen molar-refractivity contribution in [3.63, 3.8) is 0 Å². The van der Waals surface area contributed by atoms with Crippen LogP contribution < -0.4 is 0 Å². The Hall–Kier alpha value is -3.90. The van der Waals surface area contributed by atoms with Crippen molar-refractivity contribution in [2.45, 2.75) is 6.92 Å². The molecule has 6 aromatic carbocycles. The predicted molar refractivity (Wildman–Crippen MR) is 135 cm³/mol. The molecule has 0 aliphatic carbocycles. The van der Waals surface area contributed by atoms with E-state index in [1.807, 2.05) is 0 Å². The quantitative estimate of drug-likeness (QED) is 0.257. The lowest BCUT2D eigenvalue weighted by atomic mass is 9.88. The Kier molecular flexibility index (Phi) is 4.11. The molecule has 6 aromatic rings. The molecule has 0 N–H and O–H groups in total. The minimum atomic E-state index is 1.25. The van der Waals surface area contributed by atoms with E-state index in [2.05, 4.69) is 122 Å². The molecule has 0 saturated heterocycles. The summed E-state index contributed by atoms with van der Waals surface area (Å²) in [5.74, 6) is 0. The maximum absolute atomic E-state index is 2.34. The second-order valence-electron chi connectivity index (χ2n) is 8.23. The fraction of sp³-hybridized carbons (Fsp3) is 0.0323. The standard InChI is InChI=1S/C31H22/c1-21-27-11-5-7-13-29(27)31(30-14-8-6-12-28(21)30)26-18-17-24-19-23(15-16-25(24)20-26)22-9-3-2-4-10-22/h2-20H,1H3. The van der Waals surface area contributed by atoms with Gasteiger partial charge in [-0.2, -0.15) is 0 Å². The third-order valence-corrected chi connectivity index (χ3v) is 6.44. The van der Waals surface area contributed by atoms with Crippen LogP contribution in [0.3, 0.4) is 0 Å². The van der Waals surface area contributed by atoms with E-state index in [0.29, 0.717) is 0 Å². The Morgan fingerprint density at radius 3 is 1.48 bits per heavy atom. The Bertz CT molecular complexity index is 1520. The number of rotatable bonds is 2. The molecule has 0 radical (unpaired) electrons. The number of hydrogen-bond acceptors (Lipinski definition) is 0.